The zero-order valence-electron chi connectivity index (χ0n) is 15.2. The summed E-state index contributed by atoms with van der Waals surface area (Å²) in [6.45, 7) is 8.54. The first-order valence-electron chi connectivity index (χ1n) is 8.63. The molecule has 0 aliphatic carbocycles. The quantitative estimate of drug-likeness (QED) is 0.933. The third-order valence-corrected chi connectivity index (χ3v) is 4.67. The van der Waals surface area contributed by atoms with Gasteiger partial charge in [0.1, 0.15) is 6.04 Å². The van der Waals surface area contributed by atoms with Crippen LogP contribution in [0.15, 0.2) is 36.4 Å². The van der Waals surface area contributed by atoms with Gasteiger partial charge >= 0.3 is 0 Å². The van der Waals surface area contributed by atoms with Crippen LogP contribution in [0.4, 0.5) is 5.69 Å². The topological polar surface area (TPSA) is 49.4 Å². The van der Waals surface area contributed by atoms with Crippen molar-refractivity contribution in [3.63, 3.8) is 0 Å². The Kier molecular flexibility index (Phi) is 4.62. The summed E-state index contributed by atoms with van der Waals surface area (Å²) in [6.07, 6.45) is 0.627. The Morgan fingerprint density at radius 1 is 1.00 bits per heavy atom. The standard InChI is InChI=1S/C21H24N2O2/c1-13-5-6-16(4)18(12-13)20(24)22-19-7-8-23(21(19)25)17-10-14(2)9-15(3)11-17/h5-6,9-12,19H,7-8H2,1-4H3,(H,22,24). The van der Waals surface area contributed by atoms with Crippen LogP contribution < -0.4 is 10.2 Å². The molecule has 0 saturated carbocycles. The predicted octanol–water partition coefficient (Wildman–Crippen LogP) is 3.46. The van der Waals surface area contributed by atoms with Gasteiger partial charge < -0.3 is 10.2 Å². The lowest BCUT2D eigenvalue weighted by molar-refractivity contribution is -0.118. The number of benzene rings is 2. The normalized spacial score (nSPS) is 17.0. The van der Waals surface area contributed by atoms with Gasteiger partial charge in [0.15, 0.2) is 0 Å². The summed E-state index contributed by atoms with van der Waals surface area (Å²) in [7, 11) is 0. The SMILES string of the molecule is Cc1cc(C)cc(N2CCC(NC(=O)c3cc(C)ccc3C)C2=O)c1. The molecule has 25 heavy (non-hydrogen) atoms. The maximum Gasteiger partial charge on any atom is 0.252 e. The fourth-order valence-electron chi connectivity index (χ4n) is 3.39. The molecule has 4 heteroatoms. The van der Waals surface area contributed by atoms with Crippen LogP contribution in [0.3, 0.4) is 0 Å². The zero-order valence-corrected chi connectivity index (χ0v) is 15.2. The number of hydrogen-bond acceptors (Lipinski definition) is 2. The van der Waals surface area contributed by atoms with Crippen LogP contribution in [0.1, 0.15) is 39.0 Å². The molecule has 1 fully saturated rings. The van der Waals surface area contributed by atoms with Crippen LogP contribution in [0.5, 0.6) is 0 Å². The van der Waals surface area contributed by atoms with E-state index in [1.165, 1.54) is 0 Å². The van der Waals surface area contributed by atoms with E-state index in [0.717, 1.165) is 27.9 Å². The van der Waals surface area contributed by atoms with Gasteiger partial charge in [0, 0.05) is 17.8 Å². The molecule has 3 rings (SSSR count). The fourth-order valence-corrected chi connectivity index (χ4v) is 3.39. The smallest absolute Gasteiger partial charge is 0.252 e. The van der Waals surface area contributed by atoms with Gasteiger partial charge in [-0.05, 0) is 69.0 Å². The lowest BCUT2D eigenvalue weighted by atomic mass is 10.0. The summed E-state index contributed by atoms with van der Waals surface area (Å²) in [6, 6.07) is 11.4. The minimum atomic E-state index is -0.465. The van der Waals surface area contributed by atoms with Gasteiger partial charge in [-0.15, -0.1) is 0 Å². The minimum absolute atomic E-state index is 0.0383. The molecule has 1 atom stereocenters. The van der Waals surface area contributed by atoms with Gasteiger partial charge in [-0.25, -0.2) is 0 Å². The van der Waals surface area contributed by atoms with Crippen LogP contribution in [0.2, 0.25) is 0 Å². The van der Waals surface area contributed by atoms with Gasteiger partial charge in [-0.2, -0.15) is 0 Å². The molecule has 130 valence electrons. The van der Waals surface area contributed by atoms with E-state index < -0.39 is 6.04 Å². The van der Waals surface area contributed by atoms with Gasteiger partial charge in [0.05, 0.1) is 0 Å². The van der Waals surface area contributed by atoms with E-state index in [2.05, 4.69) is 11.4 Å². The molecule has 2 aromatic carbocycles. The first kappa shape index (κ1) is 17.2. The van der Waals surface area contributed by atoms with E-state index in [4.69, 9.17) is 0 Å². The number of amides is 2. The number of hydrogen-bond donors (Lipinski definition) is 1. The van der Waals surface area contributed by atoms with Crippen LogP contribution in [-0.4, -0.2) is 24.4 Å². The average Bonchev–Trinajstić information content (AvgIpc) is 2.89. The van der Waals surface area contributed by atoms with Crippen molar-refractivity contribution < 1.29 is 9.59 Å². The molecule has 0 bridgehead atoms. The molecule has 2 amide bonds. The third-order valence-electron chi connectivity index (χ3n) is 4.67. The number of anilines is 1. The molecule has 0 radical (unpaired) electrons. The second-order valence-electron chi connectivity index (χ2n) is 6.97. The Morgan fingerprint density at radius 2 is 1.68 bits per heavy atom. The van der Waals surface area contributed by atoms with Gasteiger partial charge in [-0.3, -0.25) is 9.59 Å². The predicted molar refractivity (Wildman–Crippen MR) is 100 cm³/mol. The fraction of sp³-hybridized carbons (Fsp3) is 0.333. The van der Waals surface area contributed by atoms with Gasteiger partial charge in [-0.1, -0.05) is 23.8 Å². The number of rotatable bonds is 3. The maximum atomic E-state index is 12.8. The van der Waals surface area contributed by atoms with Crippen molar-refractivity contribution in [2.45, 2.75) is 40.2 Å². The summed E-state index contributed by atoms with van der Waals surface area (Å²) in [5.74, 6) is -0.217. The number of carbonyl (C=O) groups excluding carboxylic acids is 2. The molecule has 1 unspecified atom stereocenters. The summed E-state index contributed by atoms with van der Waals surface area (Å²) >= 11 is 0. The molecule has 4 nitrogen and oxygen atoms in total. The number of nitrogens with zero attached hydrogens (tertiary/aromatic N) is 1. The van der Waals surface area contributed by atoms with E-state index in [1.54, 1.807) is 4.90 Å². The largest absolute Gasteiger partial charge is 0.340 e. The van der Waals surface area contributed by atoms with Crippen molar-refractivity contribution in [2.75, 3.05) is 11.4 Å². The Labute approximate surface area is 148 Å². The molecule has 0 spiro atoms. The van der Waals surface area contributed by atoms with Crippen molar-refractivity contribution in [3.8, 4) is 0 Å². The van der Waals surface area contributed by atoms with Gasteiger partial charge in [0.2, 0.25) is 5.91 Å². The van der Waals surface area contributed by atoms with Crippen molar-refractivity contribution in [1.29, 1.82) is 0 Å². The van der Waals surface area contributed by atoms with Crippen LogP contribution >= 0.6 is 0 Å². The molecular weight excluding hydrogens is 312 g/mol. The average molecular weight is 336 g/mol. The molecule has 2 aromatic rings. The molecule has 1 heterocycles. The van der Waals surface area contributed by atoms with Crippen molar-refractivity contribution in [3.05, 3.63) is 64.2 Å². The second kappa shape index (κ2) is 6.71. The van der Waals surface area contributed by atoms with Crippen LogP contribution in [-0.2, 0) is 4.79 Å². The van der Waals surface area contributed by atoms with Crippen LogP contribution in [0.25, 0.3) is 0 Å². The zero-order chi connectivity index (χ0) is 18.1. The van der Waals surface area contributed by atoms with Crippen LogP contribution in [0, 0.1) is 27.7 Å². The summed E-state index contributed by atoms with van der Waals surface area (Å²) in [5.41, 5.74) is 5.75. The van der Waals surface area contributed by atoms with Crippen molar-refractivity contribution in [1.82, 2.24) is 5.32 Å². The molecule has 1 aliphatic rings. The Bertz CT molecular complexity index is 822. The van der Waals surface area contributed by atoms with E-state index >= 15 is 0 Å². The Balaban J connectivity index is 1.76. The molecule has 0 aromatic heterocycles. The molecule has 1 saturated heterocycles. The van der Waals surface area contributed by atoms with E-state index in [0.29, 0.717) is 18.5 Å². The minimum Gasteiger partial charge on any atom is -0.340 e. The highest BCUT2D eigenvalue weighted by Crippen LogP contribution is 2.24. The lowest BCUT2D eigenvalue weighted by Gasteiger charge is -2.19. The molecule has 1 N–H and O–H groups in total. The van der Waals surface area contributed by atoms with E-state index in [1.807, 2.05) is 58.0 Å². The second-order valence-corrected chi connectivity index (χ2v) is 6.97. The van der Waals surface area contributed by atoms with E-state index in [-0.39, 0.29) is 11.8 Å². The first-order valence-corrected chi connectivity index (χ1v) is 8.63. The maximum absolute atomic E-state index is 12.8. The lowest BCUT2D eigenvalue weighted by Crippen LogP contribution is -2.41. The highest BCUT2D eigenvalue weighted by molar-refractivity contribution is 6.04. The van der Waals surface area contributed by atoms with Crippen molar-refractivity contribution >= 4 is 17.5 Å². The first-order chi connectivity index (χ1) is 11.8. The monoisotopic (exact) mass is 336 g/mol. The number of nitrogens with one attached hydrogen (secondary N) is 1. The summed E-state index contributed by atoms with van der Waals surface area (Å²) in [4.78, 5) is 27.1. The highest BCUT2D eigenvalue weighted by atomic mass is 16.2. The van der Waals surface area contributed by atoms with Crippen molar-refractivity contribution in [2.24, 2.45) is 0 Å². The third kappa shape index (κ3) is 3.58. The molecular formula is C21H24N2O2. The van der Waals surface area contributed by atoms with Gasteiger partial charge in [0.25, 0.3) is 5.91 Å². The number of aryl methyl sites for hydroxylation is 4. The Morgan fingerprint density at radius 3 is 2.36 bits per heavy atom. The number of carbonyl (C=O) groups is 2. The summed E-state index contributed by atoms with van der Waals surface area (Å²) < 4.78 is 0. The molecule has 1 aliphatic heterocycles. The van der Waals surface area contributed by atoms with E-state index in [9.17, 15) is 9.59 Å². The summed E-state index contributed by atoms with van der Waals surface area (Å²) in [5, 5.41) is 2.91. The highest BCUT2D eigenvalue weighted by Gasteiger charge is 2.34. The Hall–Kier alpha value is -2.62.